The van der Waals surface area contributed by atoms with Gasteiger partial charge in [-0.3, -0.25) is 19.9 Å². The van der Waals surface area contributed by atoms with E-state index in [2.05, 4.69) is 72.3 Å². The molecule has 0 amide bonds. The number of carboxylic acid groups (broad SMARTS) is 1. The second-order valence-corrected chi connectivity index (χ2v) is 17.3. The molecular weight excluding hydrogens is 849 g/mol. The van der Waals surface area contributed by atoms with Crippen LogP contribution in [0.15, 0.2) is 162 Å². The van der Waals surface area contributed by atoms with Gasteiger partial charge in [-0.2, -0.15) is 0 Å². The summed E-state index contributed by atoms with van der Waals surface area (Å²) in [4.78, 5) is 43.4. The summed E-state index contributed by atoms with van der Waals surface area (Å²) in [6, 6.07) is 43.8. The summed E-state index contributed by atoms with van der Waals surface area (Å²) in [6.07, 6.45) is 0.634. The Morgan fingerprint density at radius 2 is 1.39 bits per heavy atom. The molecular formula is C54H62N4O9. The second kappa shape index (κ2) is 22.6. The summed E-state index contributed by atoms with van der Waals surface area (Å²) in [6.45, 7) is 11.0. The van der Waals surface area contributed by atoms with Crippen molar-refractivity contribution in [2.45, 2.75) is 70.6 Å². The normalized spacial score (nSPS) is 14.7. The lowest BCUT2D eigenvalue weighted by Gasteiger charge is -2.54. The van der Waals surface area contributed by atoms with E-state index in [1.54, 1.807) is 33.1 Å². The van der Waals surface area contributed by atoms with Crippen LogP contribution in [0.2, 0.25) is 0 Å². The Morgan fingerprint density at radius 1 is 0.821 bits per heavy atom. The number of nitrogens with zero attached hydrogens (tertiary/aromatic N) is 3. The van der Waals surface area contributed by atoms with Crippen LogP contribution in [0.5, 0.6) is 11.5 Å². The minimum atomic E-state index is -1.27. The Hall–Kier alpha value is -6.80. The molecule has 1 aliphatic rings. The number of allylic oxidation sites excluding steroid dienone is 1. The number of aliphatic hydroxyl groups excluding tert-OH is 1. The lowest BCUT2D eigenvalue weighted by molar-refractivity contribution is -0.384. The number of methoxy groups -OCH3 is 1. The molecule has 352 valence electrons. The Bertz CT molecular complexity index is 2430. The minimum absolute atomic E-state index is 0.0214. The van der Waals surface area contributed by atoms with Gasteiger partial charge in [-0.1, -0.05) is 129 Å². The lowest BCUT2D eigenvalue weighted by atomic mass is 9.73. The standard InChI is InChI=1S/C54H62N4O9/c1-7-9-32-56(35-45-50(52(62)66-8-2)49(48(51(60)61)38(3)55-45)39-22-21-29-43(33-39)58(63)64)37-53(4,5)57(34-44(59)36-67-47-31-20-19-30-46(47)65-6)54(40-23-13-10-14-24-40,41-25-15-11-16-26-41)42-27-17-12-18-28-42/h10-31,33,44,49,55,59H,7-9,32,34-37H2,1-6H3,(H,60,61). The summed E-state index contributed by atoms with van der Waals surface area (Å²) in [5.74, 6) is -2.12. The van der Waals surface area contributed by atoms with Gasteiger partial charge < -0.3 is 29.7 Å². The largest absolute Gasteiger partial charge is 0.493 e. The number of unbranched alkanes of at least 4 members (excludes halogenated alkanes) is 1. The zero-order valence-electron chi connectivity index (χ0n) is 39.2. The number of rotatable bonds is 23. The third kappa shape index (κ3) is 11.3. The fourth-order valence-corrected chi connectivity index (χ4v) is 9.39. The first-order valence-electron chi connectivity index (χ1n) is 22.7. The van der Waals surface area contributed by atoms with Crippen LogP contribution in [-0.2, 0) is 19.9 Å². The van der Waals surface area contributed by atoms with Crippen molar-refractivity contribution in [2.75, 3.05) is 46.5 Å². The number of nitro groups is 1. The van der Waals surface area contributed by atoms with Gasteiger partial charge in [-0.05, 0) is 75.0 Å². The predicted molar refractivity (Wildman–Crippen MR) is 259 cm³/mol. The van der Waals surface area contributed by atoms with Crippen molar-refractivity contribution < 1.29 is 38.9 Å². The summed E-state index contributed by atoms with van der Waals surface area (Å²) in [5.41, 5.74) is 1.86. The zero-order valence-corrected chi connectivity index (χ0v) is 39.2. The van der Waals surface area contributed by atoms with Crippen molar-refractivity contribution >= 4 is 17.6 Å². The SMILES string of the molecule is CCCCN(CC1=C(C(=O)OCC)C(c2cccc([N+](=O)[O-])c2)C(C(=O)O)=C(C)N1)CC(C)(C)N(CC(O)COc1ccccc1OC)C(c1ccccc1)(c1ccccc1)c1ccccc1. The quantitative estimate of drug-likeness (QED) is 0.0247. The fourth-order valence-electron chi connectivity index (χ4n) is 9.39. The molecule has 0 aliphatic carbocycles. The van der Waals surface area contributed by atoms with Crippen molar-refractivity contribution in [2.24, 2.45) is 0 Å². The Kier molecular flexibility index (Phi) is 16.7. The summed E-state index contributed by atoms with van der Waals surface area (Å²) in [7, 11) is 1.58. The van der Waals surface area contributed by atoms with Crippen molar-refractivity contribution in [3.8, 4) is 11.5 Å². The van der Waals surface area contributed by atoms with Gasteiger partial charge in [0.05, 0.1) is 41.2 Å². The topological polar surface area (TPSA) is 164 Å². The number of esters is 1. The fraction of sp³-hybridized carbons (Fsp3) is 0.333. The predicted octanol–water partition coefficient (Wildman–Crippen LogP) is 9.08. The molecule has 2 atom stereocenters. The first-order chi connectivity index (χ1) is 32.3. The summed E-state index contributed by atoms with van der Waals surface area (Å²) >= 11 is 0. The van der Waals surface area contributed by atoms with Crippen LogP contribution in [0, 0.1) is 10.1 Å². The number of carbonyl (C=O) groups excluding carboxylic acids is 1. The number of ether oxygens (including phenoxy) is 3. The molecule has 67 heavy (non-hydrogen) atoms. The van der Waals surface area contributed by atoms with Crippen LogP contribution in [-0.4, -0.2) is 95.0 Å². The molecule has 3 N–H and O–H groups in total. The van der Waals surface area contributed by atoms with E-state index in [-0.39, 0.29) is 48.7 Å². The molecule has 1 heterocycles. The number of aliphatic hydroxyl groups is 1. The monoisotopic (exact) mass is 910 g/mol. The smallest absolute Gasteiger partial charge is 0.336 e. The number of carboxylic acids is 1. The number of nitrogens with one attached hydrogen (secondary N) is 1. The maximum Gasteiger partial charge on any atom is 0.336 e. The van der Waals surface area contributed by atoms with Crippen LogP contribution in [0.25, 0.3) is 0 Å². The first kappa shape index (κ1) is 49.6. The summed E-state index contributed by atoms with van der Waals surface area (Å²) in [5, 5.41) is 38.2. The van der Waals surface area contributed by atoms with Crippen LogP contribution in [0.3, 0.4) is 0 Å². The maximum absolute atomic E-state index is 14.3. The molecule has 0 bridgehead atoms. The molecule has 13 nitrogen and oxygen atoms in total. The summed E-state index contributed by atoms with van der Waals surface area (Å²) < 4.78 is 17.5. The number of β-amino-alcohol motifs (C(OH)–C–C–N with tert-alkyl or cyclic N) is 1. The molecule has 1 aliphatic heterocycles. The molecule has 2 unspecified atom stereocenters. The van der Waals surface area contributed by atoms with Gasteiger partial charge in [0.25, 0.3) is 5.69 Å². The third-order valence-electron chi connectivity index (χ3n) is 12.2. The number of hydrogen-bond donors (Lipinski definition) is 3. The van der Waals surface area contributed by atoms with Gasteiger partial charge in [0, 0.05) is 48.7 Å². The van der Waals surface area contributed by atoms with Gasteiger partial charge in [0.1, 0.15) is 12.7 Å². The number of aliphatic carboxylic acids is 1. The Balaban J connectivity index is 1.53. The molecule has 0 aromatic heterocycles. The minimum Gasteiger partial charge on any atom is -0.493 e. The highest BCUT2D eigenvalue weighted by atomic mass is 16.6. The number of carbonyl (C=O) groups is 2. The molecule has 0 spiro atoms. The van der Waals surface area contributed by atoms with Crippen LogP contribution < -0.4 is 14.8 Å². The molecule has 0 saturated heterocycles. The zero-order chi connectivity index (χ0) is 48.1. The van der Waals surface area contributed by atoms with Crippen LogP contribution in [0.4, 0.5) is 5.69 Å². The van der Waals surface area contributed by atoms with E-state index in [9.17, 15) is 29.9 Å². The van der Waals surface area contributed by atoms with Crippen molar-refractivity contribution in [3.63, 3.8) is 0 Å². The number of para-hydroxylation sites is 2. The number of hydrogen-bond acceptors (Lipinski definition) is 11. The molecule has 5 aromatic carbocycles. The van der Waals surface area contributed by atoms with E-state index < -0.39 is 40.0 Å². The third-order valence-corrected chi connectivity index (χ3v) is 12.2. The van der Waals surface area contributed by atoms with Gasteiger partial charge in [-0.25, -0.2) is 9.59 Å². The van der Waals surface area contributed by atoms with E-state index in [0.717, 1.165) is 29.5 Å². The molecule has 0 fully saturated rings. The maximum atomic E-state index is 14.3. The lowest BCUT2D eigenvalue weighted by Crippen LogP contribution is -2.63. The van der Waals surface area contributed by atoms with E-state index in [1.165, 1.54) is 18.2 Å². The molecule has 0 saturated carbocycles. The van der Waals surface area contributed by atoms with Gasteiger partial charge in [0.2, 0.25) is 0 Å². The molecule has 13 heteroatoms. The molecule has 0 radical (unpaired) electrons. The number of non-ortho nitro benzene ring substituents is 1. The highest BCUT2D eigenvalue weighted by Gasteiger charge is 2.49. The number of dihydropyridines is 1. The highest BCUT2D eigenvalue weighted by molar-refractivity contribution is 5.99. The molecule has 6 rings (SSSR count). The Morgan fingerprint density at radius 3 is 1.91 bits per heavy atom. The van der Waals surface area contributed by atoms with Gasteiger partial charge in [0.15, 0.2) is 11.5 Å². The van der Waals surface area contributed by atoms with E-state index in [0.29, 0.717) is 36.0 Å². The Labute approximate surface area is 393 Å². The number of benzene rings is 5. The molecule has 5 aromatic rings. The second-order valence-electron chi connectivity index (χ2n) is 17.3. The van der Waals surface area contributed by atoms with Crippen LogP contribution >= 0.6 is 0 Å². The van der Waals surface area contributed by atoms with Crippen molar-refractivity contribution in [3.05, 3.63) is 194 Å². The van der Waals surface area contributed by atoms with E-state index in [4.69, 9.17) is 14.2 Å². The van der Waals surface area contributed by atoms with Crippen molar-refractivity contribution in [1.29, 1.82) is 0 Å². The van der Waals surface area contributed by atoms with Gasteiger partial charge >= 0.3 is 11.9 Å². The van der Waals surface area contributed by atoms with Crippen molar-refractivity contribution in [1.82, 2.24) is 15.1 Å². The van der Waals surface area contributed by atoms with Crippen LogP contribution in [0.1, 0.15) is 75.6 Å². The highest BCUT2D eigenvalue weighted by Crippen LogP contribution is 2.47. The number of nitro benzene ring substituents is 1. The van der Waals surface area contributed by atoms with Gasteiger partial charge in [-0.15, -0.1) is 0 Å². The average Bonchev–Trinajstić information content (AvgIpc) is 3.33. The van der Waals surface area contributed by atoms with E-state index in [1.807, 2.05) is 72.8 Å². The van der Waals surface area contributed by atoms with E-state index >= 15 is 0 Å². The average molecular weight is 911 g/mol. The first-order valence-corrected chi connectivity index (χ1v) is 22.7.